The van der Waals surface area contributed by atoms with Crippen LogP contribution in [0.4, 0.5) is 11.8 Å². The minimum Gasteiger partial charge on any atom is -0.360 e. The molecule has 1 fully saturated rings. The predicted octanol–water partition coefficient (Wildman–Crippen LogP) is 1.68. The Morgan fingerprint density at radius 3 is 3.26 bits per heavy atom. The molecule has 0 spiro atoms. The third-order valence-electron chi connectivity index (χ3n) is 2.77. The van der Waals surface area contributed by atoms with E-state index in [2.05, 4.69) is 28.3 Å². The van der Waals surface area contributed by atoms with Gasteiger partial charge < -0.3 is 15.0 Å². The van der Waals surface area contributed by atoms with Crippen molar-refractivity contribution < 1.29 is 4.74 Å². The number of rotatable bonds is 4. The predicted molar refractivity (Wildman–Crippen MR) is 73.4 cm³/mol. The quantitative estimate of drug-likeness (QED) is 0.905. The fourth-order valence-corrected chi connectivity index (χ4v) is 2.03. The molecule has 2 rings (SSSR count). The number of ether oxygens (including phenoxy) is 1. The smallest absolute Gasteiger partial charge is 0.224 e. The van der Waals surface area contributed by atoms with Crippen LogP contribution in [0, 0.1) is 11.3 Å². The van der Waals surface area contributed by atoms with Crippen molar-refractivity contribution in [2.45, 2.75) is 19.4 Å². The lowest BCUT2D eigenvalue weighted by atomic mass is 10.3. The van der Waals surface area contributed by atoms with E-state index in [4.69, 9.17) is 21.6 Å². The Hall–Kier alpha value is -1.58. The number of nitriles is 1. The lowest BCUT2D eigenvalue weighted by Gasteiger charge is -2.31. The highest BCUT2D eigenvalue weighted by Gasteiger charge is 2.23. The van der Waals surface area contributed by atoms with Crippen LogP contribution in [0.25, 0.3) is 0 Å². The zero-order chi connectivity index (χ0) is 13.7. The van der Waals surface area contributed by atoms with E-state index >= 15 is 0 Å². The Bertz CT molecular complexity index is 476. The van der Waals surface area contributed by atoms with E-state index in [0.717, 1.165) is 13.0 Å². The van der Waals surface area contributed by atoms with Gasteiger partial charge in [0, 0.05) is 13.1 Å². The van der Waals surface area contributed by atoms with Gasteiger partial charge in [0.2, 0.25) is 5.95 Å². The lowest BCUT2D eigenvalue weighted by molar-refractivity contribution is 0.0761. The van der Waals surface area contributed by atoms with Gasteiger partial charge in [-0.2, -0.15) is 10.2 Å². The average Bonchev–Trinajstić information content (AvgIpc) is 2.46. The highest BCUT2D eigenvalue weighted by atomic mass is 35.5. The minimum absolute atomic E-state index is 0.438. The molecule has 1 aromatic rings. The van der Waals surface area contributed by atoms with Gasteiger partial charge >= 0.3 is 0 Å². The fraction of sp³-hybridized carbons (Fsp3) is 0.583. The molecule has 1 saturated heterocycles. The first-order valence-corrected chi connectivity index (χ1v) is 6.65. The molecule has 2 heterocycles. The number of hydrogen-bond acceptors (Lipinski definition) is 6. The molecule has 1 unspecified atom stereocenters. The SMILES string of the molecule is CCCNc1ncc(Cl)c(N2CCOC(C#N)C2)n1. The maximum absolute atomic E-state index is 8.92. The van der Waals surface area contributed by atoms with Gasteiger partial charge in [-0.05, 0) is 6.42 Å². The molecule has 0 bridgehead atoms. The van der Waals surface area contributed by atoms with E-state index in [1.165, 1.54) is 0 Å². The monoisotopic (exact) mass is 281 g/mol. The molecule has 0 amide bonds. The van der Waals surface area contributed by atoms with Crippen molar-refractivity contribution in [1.29, 1.82) is 5.26 Å². The number of nitrogens with zero attached hydrogens (tertiary/aromatic N) is 4. The van der Waals surface area contributed by atoms with Crippen LogP contribution >= 0.6 is 11.6 Å². The number of nitrogens with one attached hydrogen (secondary N) is 1. The summed E-state index contributed by atoms with van der Waals surface area (Å²) >= 11 is 6.14. The molecule has 1 aromatic heterocycles. The zero-order valence-corrected chi connectivity index (χ0v) is 11.5. The van der Waals surface area contributed by atoms with Gasteiger partial charge in [-0.3, -0.25) is 0 Å². The maximum atomic E-state index is 8.92. The van der Waals surface area contributed by atoms with Crippen LogP contribution in [0.15, 0.2) is 6.20 Å². The summed E-state index contributed by atoms with van der Waals surface area (Å²) in [7, 11) is 0. The Labute approximate surface area is 117 Å². The van der Waals surface area contributed by atoms with Gasteiger partial charge in [0.15, 0.2) is 11.9 Å². The van der Waals surface area contributed by atoms with Crippen molar-refractivity contribution in [3.63, 3.8) is 0 Å². The van der Waals surface area contributed by atoms with Gasteiger partial charge in [0.25, 0.3) is 0 Å². The molecule has 7 heteroatoms. The number of aromatic nitrogens is 2. The summed E-state index contributed by atoms with van der Waals surface area (Å²) in [5, 5.41) is 12.5. The van der Waals surface area contributed by atoms with E-state index < -0.39 is 6.10 Å². The molecule has 19 heavy (non-hydrogen) atoms. The Balaban J connectivity index is 2.16. The van der Waals surface area contributed by atoms with E-state index in [1.54, 1.807) is 6.20 Å². The molecule has 0 radical (unpaired) electrons. The molecule has 0 aromatic carbocycles. The topological polar surface area (TPSA) is 74.1 Å². The van der Waals surface area contributed by atoms with Crippen molar-refractivity contribution in [2.24, 2.45) is 0 Å². The molecular weight excluding hydrogens is 266 g/mol. The van der Waals surface area contributed by atoms with Crippen molar-refractivity contribution in [1.82, 2.24) is 9.97 Å². The molecule has 1 N–H and O–H groups in total. The van der Waals surface area contributed by atoms with Crippen LogP contribution in [0.5, 0.6) is 0 Å². The molecule has 102 valence electrons. The van der Waals surface area contributed by atoms with Crippen molar-refractivity contribution >= 4 is 23.4 Å². The van der Waals surface area contributed by atoms with Crippen LogP contribution in [-0.4, -0.2) is 42.3 Å². The van der Waals surface area contributed by atoms with Crippen LogP contribution in [0.3, 0.4) is 0 Å². The number of hydrogen-bond donors (Lipinski definition) is 1. The first-order chi connectivity index (χ1) is 9.24. The van der Waals surface area contributed by atoms with Gasteiger partial charge in [-0.1, -0.05) is 18.5 Å². The first kappa shape index (κ1) is 13.8. The average molecular weight is 282 g/mol. The number of anilines is 2. The van der Waals surface area contributed by atoms with E-state index in [9.17, 15) is 0 Å². The van der Waals surface area contributed by atoms with Gasteiger partial charge in [0.05, 0.1) is 25.4 Å². The van der Waals surface area contributed by atoms with E-state index in [1.807, 2.05) is 4.90 Å². The van der Waals surface area contributed by atoms with Crippen LogP contribution in [-0.2, 0) is 4.74 Å². The second-order valence-corrected chi connectivity index (χ2v) is 4.63. The normalized spacial score (nSPS) is 19.0. The van der Waals surface area contributed by atoms with Gasteiger partial charge in [-0.15, -0.1) is 0 Å². The Morgan fingerprint density at radius 1 is 1.68 bits per heavy atom. The Morgan fingerprint density at radius 2 is 2.53 bits per heavy atom. The molecule has 0 saturated carbocycles. The minimum atomic E-state index is -0.438. The maximum Gasteiger partial charge on any atom is 0.224 e. The summed E-state index contributed by atoms with van der Waals surface area (Å²) in [6.45, 7) is 4.52. The van der Waals surface area contributed by atoms with E-state index in [0.29, 0.717) is 36.5 Å². The summed E-state index contributed by atoms with van der Waals surface area (Å²) in [5.41, 5.74) is 0. The van der Waals surface area contributed by atoms with Gasteiger partial charge in [0.1, 0.15) is 5.02 Å². The van der Waals surface area contributed by atoms with Crippen molar-refractivity contribution in [3.8, 4) is 6.07 Å². The highest BCUT2D eigenvalue weighted by molar-refractivity contribution is 6.32. The molecule has 1 aliphatic rings. The van der Waals surface area contributed by atoms with Gasteiger partial charge in [-0.25, -0.2) is 4.98 Å². The van der Waals surface area contributed by atoms with Crippen LogP contribution < -0.4 is 10.2 Å². The molecule has 0 aliphatic carbocycles. The summed E-state index contributed by atoms with van der Waals surface area (Å²) in [6.07, 6.45) is 2.14. The second-order valence-electron chi connectivity index (χ2n) is 4.23. The molecule has 6 nitrogen and oxygen atoms in total. The Kier molecular flexibility index (Phi) is 4.77. The summed E-state index contributed by atoms with van der Waals surface area (Å²) < 4.78 is 5.31. The van der Waals surface area contributed by atoms with Crippen LogP contribution in [0.1, 0.15) is 13.3 Å². The lowest BCUT2D eigenvalue weighted by Crippen LogP contribution is -2.42. The third-order valence-corrected chi connectivity index (χ3v) is 3.04. The second kappa shape index (κ2) is 6.55. The first-order valence-electron chi connectivity index (χ1n) is 6.27. The van der Waals surface area contributed by atoms with Crippen LogP contribution in [0.2, 0.25) is 5.02 Å². The molecular formula is C12H16ClN5O. The molecule has 1 atom stereocenters. The highest BCUT2D eigenvalue weighted by Crippen LogP contribution is 2.25. The number of halogens is 1. The van der Waals surface area contributed by atoms with Crippen molar-refractivity contribution in [2.75, 3.05) is 36.5 Å². The van der Waals surface area contributed by atoms with E-state index in [-0.39, 0.29) is 0 Å². The summed E-state index contributed by atoms with van der Waals surface area (Å²) in [5.74, 6) is 1.21. The largest absolute Gasteiger partial charge is 0.360 e. The summed E-state index contributed by atoms with van der Waals surface area (Å²) in [6, 6.07) is 2.11. The third kappa shape index (κ3) is 3.46. The summed E-state index contributed by atoms with van der Waals surface area (Å²) in [4.78, 5) is 10.5. The fourth-order valence-electron chi connectivity index (χ4n) is 1.82. The number of morpholine rings is 1. The van der Waals surface area contributed by atoms with Crippen molar-refractivity contribution in [3.05, 3.63) is 11.2 Å². The molecule has 1 aliphatic heterocycles. The standard InChI is InChI=1S/C12H16ClN5O/c1-2-3-15-12-16-7-10(13)11(17-12)18-4-5-19-9(6-14)8-18/h7,9H,2-5,8H2,1H3,(H,15,16,17). The zero-order valence-electron chi connectivity index (χ0n) is 10.8.